The fourth-order valence-electron chi connectivity index (χ4n) is 1.55. The zero-order valence-corrected chi connectivity index (χ0v) is 10.4. The zero-order valence-electron chi connectivity index (χ0n) is 9.63. The summed E-state index contributed by atoms with van der Waals surface area (Å²) in [6.07, 6.45) is 2.84. The molecule has 1 N–H and O–H groups in total. The maximum atomic E-state index is 5.82. The van der Waals surface area contributed by atoms with Crippen LogP contribution in [0.25, 0.3) is 0 Å². The van der Waals surface area contributed by atoms with Gasteiger partial charge in [0.05, 0.1) is 16.8 Å². The topological polar surface area (TPSA) is 24.9 Å². The molecule has 0 aliphatic carbocycles. The van der Waals surface area contributed by atoms with E-state index in [1.807, 2.05) is 12.1 Å². The van der Waals surface area contributed by atoms with Crippen LogP contribution in [0.4, 0.5) is 0 Å². The molecule has 0 radical (unpaired) electrons. The lowest BCUT2D eigenvalue weighted by atomic mass is 10.0. The zero-order chi connectivity index (χ0) is 11.3. The average molecular weight is 227 g/mol. The van der Waals surface area contributed by atoms with Crippen LogP contribution < -0.4 is 5.32 Å². The van der Waals surface area contributed by atoms with E-state index in [2.05, 4.69) is 31.1 Å². The molecule has 1 heterocycles. The second-order valence-corrected chi connectivity index (χ2v) is 4.51. The van der Waals surface area contributed by atoms with Gasteiger partial charge in [-0.3, -0.25) is 4.98 Å². The molecule has 1 rings (SSSR count). The minimum Gasteiger partial charge on any atom is -0.308 e. The minimum atomic E-state index is 0.321. The molecule has 0 aliphatic rings. The molecule has 1 aromatic heterocycles. The van der Waals surface area contributed by atoms with E-state index in [1.165, 1.54) is 0 Å². The lowest BCUT2D eigenvalue weighted by molar-refractivity contribution is 0.404. The quantitative estimate of drug-likeness (QED) is 0.832. The Balaban J connectivity index is 2.74. The molecule has 0 amide bonds. The van der Waals surface area contributed by atoms with Crippen LogP contribution in [0, 0.1) is 5.92 Å². The van der Waals surface area contributed by atoms with Gasteiger partial charge in [0.1, 0.15) is 0 Å². The monoisotopic (exact) mass is 226 g/mol. The van der Waals surface area contributed by atoms with Gasteiger partial charge >= 0.3 is 0 Å². The molecule has 1 atom stereocenters. The maximum Gasteiger partial charge on any atom is 0.0589 e. The minimum absolute atomic E-state index is 0.321. The molecule has 0 saturated heterocycles. The molecule has 0 bridgehead atoms. The molecule has 2 nitrogen and oxygen atoms in total. The Morgan fingerprint density at radius 1 is 1.40 bits per heavy atom. The molecule has 1 aromatic rings. The first-order chi connectivity index (χ1) is 7.15. The summed E-state index contributed by atoms with van der Waals surface area (Å²) in [5.41, 5.74) is 1.07. The summed E-state index contributed by atoms with van der Waals surface area (Å²) in [6, 6.07) is 4.21. The van der Waals surface area contributed by atoms with Gasteiger partial charge in [0.15, 0.2) is 0 Å². The van der Waals surface area contributed by atoms with Gasteiger partial charge in [0.25, 0.3) is 0 Å². The largest absolute Gasteiger partial charge is 0.308 e. The first-order valence-electron chi connectivity index (χ1n) is 5.50. The second kappa shape index (κ2) is 6.09. The number of pyridine rings is 1. The third-order valence-electron chi connectivity index (χ3n) is 2.35. The Hall–Kier alpha value is -0.600. The summed E-state index contributed by atoms with van der Waals surface area (Å²) in [5.74, 6) is 0.533. The van der Waals surface area contributed by atoms with Crippen molar-refractivity contribution in [1.29, 1.82) is 0 Å². The van der Waals surface area contributed by atoms with Crippen molar-refractivity contribution in [3.63, 3.8) is 0 Å². The van der Waals surface area contributed by atoms with Gasteiger partial charge in [0.2, 0.25) is 0 Å². The van der Waals surface area contributed by atoms with Gasteiger partial charge in [-0.1, -0.05) is 32.4 Å². The summed E-state index contributed by atoms with van der Waals surface area (Å²) in [7, 11) is 0. The van der Waals surface area contributed by atoms with Gasteiger partial charge in [-0.05, 0) is 31.0 Å². The van der Waals surface area contributed by atoms with E-state index in [-0.39, 0.29) is 0 Å². The fraction of sp³-hybridized carbons (Fsp3) is 0.583. The molecule has 0 saturated carbocycles. The van der Waals surface area contributed by atoms with Crippen LogP contribution in [-0.4, -0.2) is 11.5 Å². The molecular formula is C12H19ClN2. The summed E-state index contributed by atoms with van der Waals surface area (Å²) in [6.45, 7) is 7.58. The highest BCUT2D eigenvalue weighted by Gasteiger charge is 2.15. The predicted molar refractivity (Wildman–Crippen MR) is 65.1 cm³/mol. The number of nitrogens with one attached hydrogen (secondary N) is 1. The molecule has 0 spiro atoms. The molecule has 15 heavy (non-hydrogen) atoms. The smallest absolute Gasteiger partial charge is 0.0589 e. The standard InChI is InChI=1S/C12H19ClN2/c1-4-7-14-12(9(2)3)11-6-5-10(13)8-15-11/h5-6,8-9,12,14H,4,7H2,1-3H3. The van der Waals surface area contributed by atoms with Crippen LogP contribution in [0.15, 0.2) is 18.3 Å². The van der Waals surface area contributed by atoms with E-state index in [4.69, 9.17) is 11.6 Å². The summed E-state index contributed by atoms with van der Waals surface area (Å²) in [5, 5.41) is 4.19. The first kappa shape index (κ1) is 12.5. The average Bonchev–Trinajstić information content (AvgIpc) is 2.21. The van der Waals surface area contributed by atoms with Gasteiger partial charge in [-0.25, -0.2) is 0 Å². The number of aromatic nitrogens is 1. The summed E-state index contributed by atoms with van der Waals surface area (Å²) < 4.78 is 0. The number of nitrogens with zero attached hydrogens (tertiary/aromatic N) is 1. The highest BCUT2D eigenvalue weighted by atomic mass is 35.5. The third kappa shape index (κ3) is 3.80. The van der Waals surface area contributed by atoms with E-state index in [1.54, 1.807) is 6.20 Å². The molecule has 84 valence electrons. The predicted octanol–water partition coefficient (Wildman–Crippen LogP) is 3.43. The van der Waals surface area contributed by atoms with Crippen molar-refractivity contribution in [2.75, 3.05) is 6.54 Å². The SMILES string of the molecule is CCCNC(c1ccc(Cl)cn1)C(C)C. The molecule has 0 fully saturated rings. The third-order valence-corrected chi connectivity index (χ3v) is 2.57. The van der Waals surface area contributed by atoms with Crippen LogP contribution in [0.1, 0.15) is 38.9 Å². The number of rotatable bonds is 5. The van der Waals surface area contributed by atoms with Crippen LogP contribution in [0.5, 0.6) is 0 Å². The van der Waals surface area contributed by atoms with Crippen LogP contribution in [0.3, 0.4) is 0 Å². The van der Waals surface area contributed by atoms with E-state index in [0.29, 0.717) is 17.0 Å². The Morgan fingerprint density at radius 3 is 2.60 bits per heavy atom. The maximum absolute atomic E-state index is 5.82. The van der Waals surface area contributed by atoms with Crippen LogP contribution >= 0.6 is 11.6 Å². The van der Waals surface area contributed by atoms with Gasteiger partial charge in [0, 0.05) is 6.20 Å². The highest BCUT2D eigenvalue weighted by molar-refractivity contribution is 6.30. The number of hydrogen-bond donors (Lipinski definition) is 1. The van der Waals surface area contributed by atoms with E-state index in [0.717, 1.165) is 18.7 Å². The molecule has 3 heteroatoms. The van der Waals surface area contributed by atoms with Crippen molar-refractivity contribution in [2.24, 2.45) is 5.92 Å². The Labute approximate surface area is 97.1 Å². The van der Waals surface area contributed by atoms with Crippen molar-refractivity contribution in [2.45, 2.75) is 33.2 Å². The fourth-order valence-corrected chi connectivity index (χ4v) is 1.66. The van der Waals surface area contributed by atoms with Crippen molar-refractivity contribution >= 4 is 11.6 Å². The Bertz CT molecular complexity index is 282. The molecule has 1 unspecified atom stereocenters. The second-order valence-electron chi connectivity index (χ2n) is 4.08. The van der Waals surface area contributed by atoms with E-state index >= 15 is 0 Å². The van der Waals surface area contributed by atoms with E-state index < -0.39 is 0 Å². The lowest BCUT2D eigenvalue weighted by Gasteiger charge is -2.21. The van der Waals surface area contributed by atoms with Crippen LogP contribution in [0.2, 0.25) is 5.02 Å². The Kier molecular flexibility index (Phi) is 5.06. The summed E-state index contributed by atoms with van der Waals surface area (Å²) >= 11 is 5.82. The van der Waals surface area contributed by atoms with Gasteiger partial charge in [-0.2, -0.15) is 0 Å². The van der Waals surface area contributed by atoms with E-state index in [9.17, 15) is 0 Å². The van der Waals surface area contributed by atoms with Crippen molar-refractivity contribution in [3.05, 3.63) is 29.0 Å². The molecule has 0 aromatic carbocycles. The van der Waals surface area contributed by atoms with Crippen molar-refractivity contribution in [3.8, 4) is 0 Å². The highest BCUT2D eigenvalue weighted by Crippen LogP contribution is 2.20. The summed E-state index contributed by atoms with van der Waals surface area (Å²) in [4.78, 5) is 4.36. The Morgan fingerprint density at radius 2 is 2.13 bits per heavy atom. The van der Waals surface area contributed by atoms with Crippen LogP contribution in [-0.2, 0) is 0 Å². The first-order valence-corrected chi connectivity index (χ1v) is 5.87. The van der Waals surface area contributed by atoms with Crippen molar-refractivity contribution in [1.82, 2.24) is 10.3 Å². The van der Waals surface area contributed by atoms with Gasteiger partial charge < -0.3 is 5.32 Å². The number of halogens is 1. The van der Waals surface area contributed by atoms with Crippen molar-refractivity contribution < 1.29 is 0 Å². The normalized spacial score (nSPS) is 13.1. The lowest BCUT2D eigenvalue weighted by Crippen LogP contribution is -2.27. The molecular weight excluding hydrogens is 208 g/mol. The van der Waals surface area contributed by atoms with Gasteiger partial charge in [-0.15, -0.1) is 0 Å². The molecule has 0 aliphatic heterocycles. The number of hydrogen-bond acceptors (Lipinski definition) is 2.